The van der Waals surface area contributed by atoms with Gasteiger partial charge in [-0.15, -0.1) is 0 Å². The number of ether oxygens (including phenoxy) is 2. The van der Waals surface area contributed by atoms with Crippen LogP contribution >= 0.6 is 11.6 Å². The normalized spacial score (nSPS) is 10.5. The number of rotatable bonds is 8. The van der Waals surface area contributed by atoms with Crippen LogP contribution in [0.1, 0.15) is 23.6 Å². The van der Waals surface area contributed by atoms with Crippen LogP contribution in [-0.2, 0) is 13.2 Å². The average Bonchev–Trinajstić information content (AvgIpc) is 2.68. The van der Waals surface area contributed by atoms with Gasteiger partial charge in [0.2, 0.25) is 0 Å². The second kappa shape index (κ2) is 9.33. The number of aryl methyl sites for hydroxylation is 1. The molecule has 27 heavy (non-hydrogen) atoms. The van der Waals surface area contributed by atoms with Gasteiger partial charge in [0.15, 0.2) is 11.5 Å². The van der Waals surface area contributed by atoms with Gasteiger partial charge >= 0.3 is 0 Å². The van der Waals surface area contributed by atoms with Gasteiger partial charge in [0.1, 0.15) is 6.61 Å². The minimum absolute atomic E-state index is 0.511. The fourth-order valence-electron chi connectivity index (χ4n) is 2.70. The van der Waals surface area contributed by atoms with Crippen LogP contribution in [0.15, 0.2) is 66.7 Å². The van der Waals surface area contributed by atoms with Gasteiger partial charge in [-0.3, -0.25) is 0 Å². The van der Waals surface area contributed by atoms with E-state index in [4.69, 9.17) is 21.1 Å². The van der Waals surface area contributed by atoms with Crippen LogP contribution in [0.3, 0.4) is 0 Å². The molecule has 0 aliphatic heterocycles. The van der Waals surface area contributed by atoms with Crippen molar-refractivity contribution in [3.8, 4) is 11.5 Å². The van der Waals surface area contributed by atoms with Gasteiger partial charge in [-0.2, -0.15) is 0 Å². The maximum Gasteiger partial charge on any atom is 0.161 e. The van der Waals surface area contributed by atoms with Gasteiger partial charge in [0, 0.05) is 6.54 Å². The Kier molecular flexibility index (Phi) is 6.61. The Morgan fingerprint density at radius 1 is 0.852 bits per heavy atom. The van der Waals surface area contributed by atoms with E-state index in [0.29, 0.717) is 24.8 Å². The number of hydrogen-bond acceptors (Lipinski definition) is 3. The molecule has 0 radical (unpaired) electrons. The van der Waals surface area contributed by atoms with Crippen LogP contribution in [0.2, 0.25) is 5.02 Å². The molecule has 3 rings (SSSR count). The zero-order valence-corrected chi connectivity index (χ0v) is 16.4. The lowest BCUT2D eigenvalue weighted by molar-refractivity contribution is 0.269. The van der Waals surface area contributed by atoms with Gasteiger partial charge in [0.25, 0.3) is 0 Å². The average molecular weight is 382 g/mol. The maximum absolute atomic E-state index is 6.20. The van der Waals surface area contributed by atoms with Crippen molar-refractivity contribution in [2.75, 3.05) is 11.9 Å². The van der Waals surface area contributed by atoms with Crippen molar-refractivity contribution in [2.45, 2.75) is 27.0 Å². The molecule has 140 valence electrons. The summed E-state index contributed by atoms with van der Waals surface area (Å²) in [7, 11) is 0. The standard InChI is InChI=1S/C23H24ClNO2/c1-3-26-23-14-19(15-25-21-7-5-4-6-20(21)24)12-13-22(23)27-16-18-10-8-17(2)9-11-18/h4-14,25H,3,15-16H2,1-2H3. The van der Waals surface area contributed by atoms with E-state index in [0.717, 1.165) is 28.3 Å². The van der Waals surface area contributed by atoms with Crippen LogP contribution in [-0.4, -0.2) is 6.61 Å². The number of nitrogens with one attached hydrogen (secondary N) is 1. The van der Waals surface area contributed by atoms with E-state index in [1.54, 1.807) is 0 Å². The molecule has 3 aromatic carbocycles. The Hall–Kier alpha value is -2.65. The van der Waals surface area contributed by atoms with Gasteiger partial charge < -0.3 is 14.8 Å². The summed E-state index contributed by atoms with van der Waals surface area (Å²) in [5, 5.41) is 4.06. The van der Waals surface area contributed by atoms with E-state index in [2.05, 4.69) is 36.5 Å². The summed E-state index contributed by atoms with van der Waals surface area (Å²) >= 11 is 6.20. The highest BCUT2D eigenvalue weighted by molar-refractivity contribution is 6.33. The Morgan fingerprint density at radius 2 is 1.59 bits per heavy atom. The maximum atomic E-state index is 6.20. The summed E-state index contributed by atoms with van der Waals surface area (Å²) in [5.41, 5.74) is 4.38. The van der Waals surface area contributed by atoms with Crippen LogP contribution in [0, 0.1) is 6.92 Å². The van der Waals surface area contributed by atoms with E-state index in [1.165, 1.54) is 5.56 Å². The number of halogens is 1. The fourth-order valence-corrected chi connectivity index (χ4v) is 2.90. The van der Waals surface area contributed by atoms with E-state index in [1.807, 2.05) is 49.4 Å². The molecule has 0 heterocycles. The molecule has 3 nitrogen and oxygen atoms in total. The molecule has 3 aromatic rings. The lowest BCUT2D eigenvalue weighted by Gasteiger charge is -2.14. The van der Waals surface area contributed by atoms with Crippen LogP contribution in [0.25, 0.3) is 0 Å². The topological polar surface area (TPSA) is 30.5 Å². The van der Waals surface area contributed by atoms with Crippen LogP contribution < -0.4 is 14.8 Å². The molecule has 1 N–H and O–H groups in total. The van der Waals surface area contributed by atoms with Crippen LogP contribution in [0.4, 0.5) is 5.69 Å². The predicted molar refractivity (Wildman–Crippen MR) is 112 cm³/mol. The van der Waals surface area contributed by atoms with Gasteiger partial charge in [0.05, 0.1) is 17.3 Å². The summed E-state index contributed by atoms with van der Waals surface area (Å²) < 4.78 is 11.8. The molecule has 0 amide bonds. The molecular weight excluding hydrogens is 358 g/mol. The fraction of sp³-hybridized carbons (Fsp3) is 0.217. The van der Waals surface area contributed by atoms with E-state index < -0.39 is 0 Å². The molecule has 4 heteroatoms. The largest absolute Gasteiger partial charge is 0.490 e. The van der Waals surface area contributed by atoms with Gasteiger partial charge in [-0.05, 0) is 49.2 Å². The third kappa shape index (κ3) is 5.41. The first kappa shape index (κ1) is 19.1. The van der Waals surface area contributed by atoms with E-state index in [-0.39, 0.29) is 0 Å². The van der Waals surface area contributed by atoms with Crippen molar-refractivity contribution in [1.82, 2.24) is 0 Å². The van der Waals surface area contributed by atoms with Gasteiger partial charge in [-0.1, -0.05) is 59.6 Å². The minimum Gasteiger partial charge on any atom is -0.490 e. The molecule has 0 saturated heterocycles. The number of anilines is 1. The van der Waals surface area contributed by atoms with Crippen molar-refractivity contribution in [2.24, 2.45) is 0 Å². The minimum atomic E-state index is 0.511. The van der Waals surface area contributed by atoms with Gasteiger partial charge in [-0.25, -0.2) is 0 Å². The summed E-state index contributed by atoms with van der Waals surface area (Å²) in [6, 6.07) is 22.1. The lowest BCUT2D eigenvalue weighted by Crippen LogP contribution is -2.03. The van der Waals surface area contributed by atoms with Crippen LogP contribution in [0.5, 0.6) is 11.5 Å². The highest BCUT2D eigenvalue weighted by Crippen LogP contribution is 2.30. The second-order valence-electron chi connectivity index (χ2n) is 6.32. The molecule has 0 atom stereocenters. The molecule has 0 aliphatic rings. The van der Waals surface area contributed by atoms with Crippen molar-refractivity contribution in [3.63, 3.8) is 0 Å². The number of hydrogen-bond donors (Lipinski definition) is 1. The Balaban J connectivity index is 1.68. The van der Waals surface area contributed by atoms with Crippen molar-refractivity contribution in [3.05, 3.63) is 88.4 Å². The van der Waals surface area contributed by atoms with E-state index >= 15 is 0 Å². The lowest BCUT2D eigenvalue weighted by atomic mass is 10.1. The molecule has 0 fully saturated rings. The van der Waals surface area contributed by atoms with E-state index in [9.17, 15) is 0 Å². The Labute approximate surface area is 165 Å². The monoisotopic (exact) mass is 381 g/mol. The summed E-state index contributed by atoms with van der Waals surface area (Å²) in [6.45, 7) is 5.80. The third-order valence-corrected chi connectivity index (χ3v) is 4.51. The first-order valence-corrected chi connectivity index (χ1v) is 9.46. The van der Waals surface area contributed by atoms with Crippen molar-refractivity contribution < 1.29 is 9.47 Å². The summed E-state index contributed by atoms with van der Waals surface area (Å²) in [5.74, 6) is 1.50. The quantitative estimate of drug-likeness (QED) is 0.501. The molecule has 0 unspecified atom stereocenters. The van der Waals surface area contributed by atoms with Crippen molar-refractivity contribution >= 4 is 17.3 Å². The molecule has 0 saturated carbocycles. The van der Waals surface area contributed by atoms with Crippen molar-refractivity contribution in [1.29, 1.82) is 0 Å². The number of benzene rings is 3. The predicted octanol–water partition coefficient (Wildman–Crippen LogP) is 6.24. The first-order valence-electron chi connectivity index (χ1n) is 9.08. The molecule has 0 aliphatic carbocycles. The summed E-state index contributed by atoms with van der Waals surface area (Å²) in [6.07, 6.45) is 0. The molecule has 0 aromatic heterocycles. The third-order valence-electron chi connectivity index (χ3n) is 4.18. The SMILES string of the molecule is CCOc1cc(CNc2ccccc2Cl)ccc1OCc1ccc(C)cc1. The Bertz CT molecular complexity index is 878. The number of para-hydroxylation sites is 1. The summed E-state index contributed by atoms with van der Waals surface area (Å²) in [4.78, 5) is 0. The zero-order valence-electron chi connectivity index (χ0n) is 15.7. The highest BCUT2D eigenvalue weighted by atomic mass is 35.5. The zero-order chi connectivity index (χ0) is 19.1. The smallest absolute Gasteiger partial charge is 0.161 e. The highest BCUT2D eigenvalue weighted by Gasteiger charge is 2.08. The molecule has 0 spiro atoms. The molecule has 0 bridgehead atoms. The first-order chi connectivity index (χ1) is 13.2. The Morgan fingerprint density at radius 3 is 2.33 bits per heavy atom. The second-order valence-corrected chi connectivity index (χ2v) is 6.73. The molecular formula is C23H24ClNO2.